The maximum absolute atomic E-state index is 14.2. The molecule has 1 fully saturated rings. The molecule has 0 aromatic heterocycles. The highest BCUT2D eigenvalue weighted by atomic mass is 35.5. The predicted molar refractivity (Wildman–Crippen MR) is 81.7 cm³/mol. The maximum atomic E-state index is 14.2. The summed E-state index contributed by atoms with van der Waals surface area (Å²) in [5.74, 6) is -1.09. The first-order chi connectivity index (χ1) is 9.47. The van der Waals surface area contributed by atoms with E-state index in [1.807, 2.05) is 18.7 Å². The monoisotopic (exact) mass is 320 g/mol. The third kappa shape index (κ3) is 3.92. The van der Waals surface area contributed by atoms with Crippen LogP contribution in [0.5, 0.6) is 0 Å². The zero-order chi connectivity index (χ0) is 14.8. The highest BCUT2D eigenvalue weighted by molar-refractivity contribution is 5.85. The van der Waals surface area contributed by atoms with Crippen LogP contribution >= 0.6 is 12.4 Å². The lowest BCUT2D eigenvalue weighted by atomic mass is 9.79. The largest absolute Gasteiger partial charge is 0.396 e. The van der Waals surface area contributed by atoms with Gasteiger partial charge in [0.2, 0.25) is 0 Å². The van der Waals surface area contributed by atoms with E-state index in [-0.39, 0.29) is 24.6 Å². The van der Waals surface area contributed by atoms with E-state index in [1.165, 1.54) is 18.2 Å². The van der Waals surface area contributed by atoms with Crippen LogP contribution in [-0.4, -0.2) is 42.8 Å². The molecule has 3 nitrogen and oxygen atoms in total. The van der Waals surface area contributed by atoms with Gasteiger partial charge in [0.05, 0.1) is 0 Å². The van der Waals surface area contributed by atoms with Crippen molar-refractivity contribution in [3.8, 4) is 0 Å². The Labute approximate surface area is 130 Å². The van der Waals surface area contributed by atoms with Gasteiger partial charge in [-0.1, -0.05) is 19.9 Å². The minimum absolute atomic E-state index is 0. The number of rotatable bonds is 4. The van der Waals surface area contributed by atoms with Crippen LogP contribution in [0.4, 0.5) is 8.78 Å². The average Bonchev–Trinajstić information content (AvgIpc) is 2.43. The number of nitrogens with one attached hydrogen (secondary N) is 1. The Balaban J connectivity index is 0.00000220. The minimum atomic E-state index is -0.625. The summed E-state index contributed by atoms with van der Waals surface area (Å²) < 4.78 is 28.3. The molecular weight excluding hydrogens is 298 g/mol. The summed E-state index contributed by atoms with van der Waals surface area (Å²) in [5.41, 5.74) is -0.561. The summed E-state index contributed by atoms with van der Waals surface area (Å²) in [6.07, 6.45) is 0. The molecule has 1 heterocycles. The van der Waals surface area contributed by atoms with Crippen molar-refractivity contribution in [2.24, 2.45) is 5.41 Å². The molecule has 0 spiro atoms. The highest BCUT2D eigenvalue weighted by Crippen LogP contribution is 2.40. The van der Waals surface area contributed by atoms with Gasteiger partial charge < -0.3 is 10.4 Å². The summed E-state index contributed by atoms with van der Waals surface area (Å²) in [4.78, 5) is 2.05. The molecule has 0 bridgehead atoms. The number of piperazine rings is 1. The lowest BCUT2D eigenvalue weighted by Crippen LogP contribution is -2.50. The molecule has 21 heavy (non-hydrogen) atoms. The molecule has 120 valence electrons. The third-order valence-corrected chi connectivity index (χ3v) is 3.94. The first kappa shape index (κ1) is 18.3. The second-order valence-electron chi connectivity index (χ2n) is 5.97. The Kier molecular flexibility index (Phi) is 6.53. The van der Waals surface area contributed by atoms with Crippen molar-refractivity contribution in [3.63, 3.8) is 0 Å². The predicted octanol–water partition coefficient (Wildman–Crippen LogP) is 2.35. The zero-order valence-corrected chi connectivity index (χ0v) is 13.2. The smallest absolute Gasteiger partial charge is 0.130 e. The lowest BCUT2D eigenvalue weighted by molar-refractivity contribution is 0.0266. The fraction of sp³-hybridized carbons (Fsp3) is 0.600. The number of hydrogen-bond acceptors (Lipinski definition) is 3. The Hall–Kier alpha value is -0.750. The van der Waals surface area contributed by atoms with Gasteiger partial charge in [-0.15, -0.1) is 12.4 Å². The molecule has 1 aromatic rings. The van der Waals surface area contributed by atoms with Crippen molar-refractivity contribution in [1.29, 1.82) is 0 Å². The molecule has 1 aromatic carbocycles. The molecule has 1 atom stereocenters. The van der Waals surface area contributed by atoms with E-state index in [1.54, 1.807) is 0 Å². The quantitative estimate of drug-likeness (QED) is 0.894. The molecule has 6 heteroatoms. The normalized spacial score (nSPS) is 18.1. The van der Waals surface area contributed by atoms with Crippen LogP contribution in [0.15, 0.2) is 18.2 Å². The van der Waals surface area contributed by atoms with Crippen molar-refractivity contribution >= 4 is 12.4 Å². The van der Waals surface area contributed by atoms with E-state index in [0.29, 0.717) is 13.1 Å². The highest BCUT2D eigenvalue weighted by Gasteiger charge is 2.38. The SMILES string of the molecule is CC(C)(CO)[C@@H](c1c(F)cccc1F)N1CCNCC1.Cl. The van der Waals surface area contributed by atoms with Gasteiger partial charge in [0.15, 0.2) is 0 Å². The van der Waals surface area contributed by atoms with E-state index < -0.39 is 23.1 Å². The number of aliphatic hydroxyl groups excluding tert-OH is 1. The van der Waals surface area contributed by atoms with Crippen LogP contribution in [0.1, 0.15) is 25.5 Å². The molecule has 1 aliphatic heterocycles. The standard InChI is InChI=1S/C15H22F2N2O.ClH/c1-15(2,10-20)14(19-8-6-18-7-9-19)13-11(16)4-3-5-12(13)17;/h3-5,14,18,20H,6-10H2,1-2H3;1H/t14-;/m1./s1. The average molecular weight is 321 g/mol. The molecule has 0 saturated carbocycles. The van der Waals surface area contributed by atoms with E-state index in [4.69, 9.17) is 0 Å². The summed E-state index contributed by atoms with van der Waals surface area (Å²) in [6, 6.07) is 3.45. The number of hydrogen-bond donors (Lipinski definition) is 2. The summed E-state index contributed by atoms with van der Waals surface area (Å²) in [5, 5.41) is 12.9. The Bertz CT molecular complexity index is 445. The van der Waals surface area contributed by atoms with E-state index >= 15 is 0 Å². The second kappa shape index (κ2) is 7.49. The third-order valence-electron chi connectivity index (χ3n) is 3.94. The molecular formula is C15H23ClF2N2O. The van der Waals surface area contributed by atoms with Crippen molar-refractivity contribution in [2.45, 2.75) is 19.9 Å². The molecule has 1 aliphatic rings. The number of benzene rings is 1. The summed E-state index contributed by atoms with van der Waals surface area (Å²) >= 11 is 0. The Morgan fingerprint density at radius 2 is 1.76 bits per heavy atom. The molecule has 0 radical (unpaired) electrons. The lowest BCUT2D eigenvalue weighted by Gasteiger charge is -2.43. The molecule has 1 saturated heterocycles. The Morgan fingerprint density at radius 1 is 1.24 bits per heavy atom. The number of aliphatic hydroxyl groups is 1. The number of halogens is 3. The van der Waals surface area contributed by atoms with Gasteiger partial charge >= 0.3 is 0 Å². The molecule has 2 N–H and O–H groups in total. The van der Waals surface area contributed by atoms with Crippen LogP contribution in [0, 0.1) is 17.0 Å². The minimum Gasteiger partial charge on any atom is -0.396 e. The molecule has 0 amide bonds. The summed E-state index contributed by atoms with van der Waals surface area (Å²) in [6.45, 7) is 6.54. The van der Waals surface area contributed by atoms with Crippen LogP contribution in [-0.2, 0) is 0 Å². The van der Waals surface area contributed by atoms with Gasteiger partial charge in [-0.2, -0.15) is 0 Å². The van der Waals surface area contributed by atoms with E-state index in [2.05, 4.69) is 5.32 Å². The van der Waals surface area contributed by atoms with Gasteiger partial charge in [-0.25, -0.2) is 8.78 Å². The first-order valence-corrected chi connectivity index (χ1v) is 6.97. The Morgan fingerprint density at radius 3 is 2.24 bits per heavy atom. The first-order valence-electron chi connectivity index (χ1n) is 6.97. The van der Waals surface area contributed by atoms with Crippen LogP contribution in [0.2, 0.25) is 0 Å². The van der Waals surface area contributed by atoms with Gasteiger partial charge in [-0.3, -0.25) is 4.90 Å². The summed E-state index contributed by atoms with van der Waals surface area (Å²) in [7, 11) is 0. The topological polar surface area (TPSA) is 35.5 Å². The van der Waals surface area contributed by atoms with Crippen molar-refractivity contribution < 1.29 is 13.9 Å². The fourth-order valence-corrected chi connectivity index (χ4v) is 2.87. The second-order valence-corrected chi connectivity index (χ2v) is 5.97. The van der Waals surface area contributed by atoms with Crippen molar-refractivity contribution in [2.75, 3.05) is 32.8 Å². The van der Waals surface area contributed by atoms with Gasteiger partial charge in [-0.05, 0) is 12.1 Å². The van der Waals surface area contributed by atoms with Gasteiger partial charge in [0.25, 0.3) is 0 Å². The van der Waals surface area contributed by atoms with E-state index in [9.17, 15) is 13.9 Å². The van der Waals surface area contributed by atoms with Crippen LogP contribution in [0.3, 0.4) is 0 Å². The molecule has 0 aliphatic carbocycles. The number of nitrogens with zero attached hydrogens (tertiary/aromatic N) is 1. The zero-order valence-electron chi connectivity index (χ0n) is 12.4. The van der Waals surface area contributed by atoms with Crippen LogP contribution < -0.4 is 5.32 Å². The van der Waals surface area contributed by atoms with Crippen LogP contribution in [0.25, 0.3) is 0 Å². The molecule has 0 unspecified atom stereocenters. The van der Waals surface area contributed by atoms with Crippen molar-refractivity contribution in [3.05, 3.63) is 35.4 Å². The van der Waals surface area contributed by atoms with Gasteiger partial charge in [0, 0.05) is 49.8 Å². The van der Waals surface area contributed by atoms with Crippen molar-refractivity contribution in [1.82, 2.24) is 10.2 Å². The fourth-order valence-electron chi connectivity index (χ4n) is 2.87. The van der Waals surface area contributed by atoms with E-state index in [0.717, 1.165) is 13.1 Å². The molecule has 2 rings (SSSR count). The maximum Gasteiger partial charge on any atom is 0.130 e. The van der Waals surface area contributed by atoms with Gasteiger partial charge in [0.1, 0.15) is 11.6 Å².